The van der Waals surface area contributed by atoms with Crippen molar-refractivity contribution in [3.63, 3.8) is 0 Å². The lowest BCUT2D eigenvalue weighted by Gasteiger charge is -2.25. The molecule has 0 aromatic heterocycles. The van der Waals surface area contributed by atoms with Crippen LogP contribution < -0.4 is 4.74 Å². The van der Waals surface area contributed by atoms with Gasteiger partial charge >= 0.3 is 0 Å². The first kappa shape index (κ1) is 21.0. The van der Waals surface area contributed by atoms with Crippen molar-refractivity contribution in [2.45, 2.75) is 38.5 Å². The van der Waals surface area contributed by atoms with Gasteiger partial charge in [0.15, 0.2) is 0 Å². The van der Waals surface area contributed by atoms with Crippen molar-refractivity contribution in [3.05, 3.63) is 101 Å². The lowest BCUT2D eigenvalue weighted by Crippen LogP contribution is -2.20. The first-order valence-corrected chi connectivity index (χ1v) is 12.1. The monoisotopic (exact) mass is 423 g/mol. The molecule has 0 radical (unpaired) electrons. The highest BCUT2D eigenvalue weighted by Crippen LogP contribution is 2.41. The zero-order valence-electron chi connectivity index (χ0n) is 19.1. The van der Waals surface area contributed by atoms with Crippen molar-refractivity contribution in [1.82, 2.24) is 4.90 Å². The molecule has 1 heterocycles. The molecule has 0 spiro atoms. The summed E-state index contributed by atoms with van der Waals surface area (Å²) in [6.07, 6.45) is 7.27. The van der Waals surface area contributed by atoms with Gasteiger partial charge in [-0.2, -0.15) is 0 Å². The fraction of sp³-hybridized carbons (Fsp3) is 0.333. The highest BCUT2D eigenvalue weighted by Gasteiger charge is 2.22. The van der Waals surface area contributed by atoms with E-state index < -0.39 is 0 Å². The van der Waals surface area contributed by atoms with E-state index in [1.807, 2.05) is 0 Å². The van der Waals surface area contributed by atoms with Gasteiger partial charge in [0.25, 0.3) is 0 Å². The van der Waals surface area contributed by atoms with Crippen LogP contribution in [-0.4, -0.2) is 31.6 Å². The van der Waals surface area contributed by atoms with Crippen LogP contribution in [-0.2, 0) is 12.8 Å². The lowest BCUT2D eigenvalue weighted by molar-refractivity contribution is 0.334. The third kappa shape index (κ3) is 4.52. The lowest BCUT2D eigenvalue weighted by atomic mass is 9.79. The number of ether oxygens (including phenoxy) is 1. The Hall–Kier alpha value is -2.84. The van der Waals surface area contributed by atoms with Crippen LogP contribution in [0, 0.1) is 0 Å². The third-order valence-corrected chi connectivity index (χ3v) is 7.03. The van der Waals surface area contributed by atoms with Crippen LogP contribution in [0.5, 0.6) is 5.75 Å². The number of hydrogen-bond donors (Lipinski definition) is 0. The summed E-state index contributed by atoms with van der Waals surface area (Å²) in [5.41, 5.74) is 9.65. The predicted octanol–water partition coefficient (Wildman–Crippen LogP) is 6.63. The number of benzene rings is 3. The zero-order valence-corrected chi connectivity index (χ0v) is 19.1. The number of rotatable bonds is 7. The van der Waals surface area contributed by atoms with E-state index in [-0.39, 0.29) is 0 Å². The second-order valence-corrected chi connectivity index (χ2v) is 9.09. The summed E-state index contributed by atoms with van der Waals surface area (Å²) < 4.78 is 5.50. The van der Waals surface area contributed by atoms with Crippen LogP contribution in [0.4, 0.5) is 0 Å². The summed E-state index contributed by atoms with van der Waals surface area (Å²) in [6.45, 7) is 3.82. The van der Waals surface area contributed by atoms with Gasteiger partial charge in [-0.15, -0.1) is 0 Å². The highest BCUT2D eigenvalue weighted by molar-refractivity contribution is 6.00. The van der Waals surface area contributed by atoms with Crippen molar-refractivity contribution >= 4 is 11.1 Å². The maximum atomic E-state index is 5.50. The van der Waals surface area contributed by atoms with E-state index >= 15 is 0 Å². The smallest absolute Gasteiger partial charge is 0.119 e. The maximum absolute atomic E-state index is 5.50. The summed E-state index contributed by atoms with van der Waals surface area (Å²) in [4.78, 5) is 2.61. The number of likely N-dealkylation sites (tertiary alicyclic amines) is 1. The minimum atomic E-state index is 0.944. The first-order chi connectivity index (χ1) is 15.8. The van der Waals surface area contributed by atoms with Gasteiger partial charge in [-0.3, -0.25) is 0 Å². The quantitative estimate of drug-likeness (QED) is 0.423. The standard InChI is InChI=1S/C30H33NO/c1-32-27-16-18-29-26(22-27)15-17-28(24-9-3-2-4-10-24)30(29)25-13-11-23(12-14-25)8-7-21-31-19-5-6-20-31/h2-4,9-14,16,18,22H,5-8,15,17,19-21H2,1H3. The molecule has 0 N–H and O–H groups in total. The van der Waals surface area contributed by atoms with Crippen LogP contribution in [0.3, 0.4) is 0 Å². The zero-order chi connectivity index (χ0) is 21.8. The summed E-state index contributed by atoms with van der Waals surface area (Å²) >= 11 is 0. The van der Waals surface area contributed by atoms with Crippen LogP contribution >= 0.6 is 0 Å². The number of methoxy groups -OCH3 is 1. The van der Waals surface area contributed by atoms with E-state index in [0.29, 0.717) is 0 Å². The molecule has 0 atom stereocenters. The Morgan fingerprint density at radius 2 is 1.59 bits per heavy atom. The molecule has 2 heteroatoms. The summed E-state index contributed by atoms with van der Waals surface area (Å²) in [6, 6.07) is 26.8. The Balaban J connectivity index is 1.44. The maximum Gasteiger partial charge on any atom is 0.119 e. The Bertz CT molecular complexity index is 1080. The Morgan fingerprint density at radius 1 is 0.812 bits per heavy atom. The van der Waals surface area contributed by atoms with Crippen molar-refractivity contribution in [2.24, 2.45) is 0 Å². The molecule has 0 saturated carbocycles. The van der Waals surface area contributed by atoms with E-state index in [4.69, 9.17) is 4.74 Å². The minimum Gasteiger partial charge on any atom is -0.497 e. The molecule has 1 aliphatic carbocycles. The Labute approximate surface area is 192 Å². The van der Waals surface area contributed by atoms with Gasteiger partial charge < -0.3 is 9.64 Å². The van der Waals surface area contributed by atoms with Crippen LogP contribution in [0.15, 0.2) is 72.8 Å². The van der Waals surface area contributed by atoms with Crippen molar-refractivity contribution < 1.29 is 4.74 Å². The summed E-state index contributed by atoms with van der Waals surface area (Å²) in [5.74, 6) is 0.944. The molecule has 2 nitrogen and oxygen atoms in total. The summed E-state index contributed by atoms with van der Waals surface area (Å²) in [7, 11) is 1.75. The molecule has 0 amide bonds. The van der Waals surface area contributed by atoms with E-state index in [1.54, 1.807) is 7.11 Å². The Morgan fingerprint density at radius 3 is 2.34 bits per heavy atom. The van der Waals surface area contributed by atoms with Gasteiger partial charge in [-0.1, -0.05) is 60.7 Å². The molecule has 1 fully saturated rings. The average Bonchev–Trinajstić information content (AvgIpc) is 3.37. The van der Waals surface area contributed by atoms with Gasteiger partial charge in [-0.05, 0) is 109 Å². The molecule has 164 valence electrons. The van der Waals surface area contributed by atoms with Crippen LogP contribution in [0.25, 0.3) is 11.1 Å². The number of aryl methyl sites for hydroxylation is 2. The highest BCUT2D eigenvalue weighted by atomic mass is 16.5. The number of allylic oxidation sites excluding steroid dienone is 1. The molecule has 32 heavy (non-hydrogen) atoms. The molecular formula is C30H33NO. The predicted molar refractivity (Wildman–Crippen MR) is 134 cm³/mol. The molecule has 3 aromatic rings. The van der Waals surface area contributed by atoms with Crippen LogP contribution in [0.1, 0.15) is 53.5 Å². The second kappa shape index (κ2) is 9.75. The van der Waals surface area contributed by atoms with E-state index in [9.17, 15) is 0 Å². The van der Waals surface area contributed by atoms with Crippen molar-refractivity contribution in [2.75, 3.05) is 26.7 Å². The van der Waals surface area contributed by atoms with Gasteiger partial charge in [-0.25, -0.2) is 0 Å². The minimum absolute atomic E-state index is 0.944. The normalized spacial score (nSPS) is 16.3. The molecule has 3 aromatic carbocycles. The molecule has 2 aliphatic rings. The van der Waals surface area contributed by atoms with Gasteiger partial charge in [0.1, 0.15) is 5.75 Å². The molecular weight excluding hydrogens is 390 g/mol. The van der Waals surface area contributed by atoms with Crippen LogP contribution in [0.2, 0.25) is 0 Å². The third-order valence-electron chi connectivity index (χ3n) is 7.03. The number of hydrogen-bond acceptors (Lipinski definition) is 2. The fourth-order valence-electron chi connectivity index (χ4n) is 5.30. The molecule has 1 saturated heterocycles. The number of nitrogens with zero attached hydrogens (tertiary/aromatic N) is 1. The van der Waals surface area contributed by atoms with E-state index in [2.05, 4.69) is 77.7 Å². The largest absolute Gasteiger partial charge is 0.497 e. The Kier molecular flexibility index (Phi) is 6.41. The van der Waals surface area contributed by atoms with Gasteiger partial charge in [0.05, 0.1) is 7.11 Å². The fourth-order valence-corrected chi connectivity index (χ4v) is 5.30. The topological polar surface area (TPSA) is 12.5 Å². The van der Waals surface area contributed by atoms with Gasteiger partial charge in [0, 0.05) is 0 Å². The average molecular weight is 424 g/mol. The molecule has 0 unspecified atom stereocenters. The first-order valence-electron chi connectivity index (χ1n) is 12.1. The second-order valence-electron chi connectivity index (χ2n) is 9.09. The van der Waals surface area contributed by atoms with E-state index in [1.165, 1.54) is 77.9 Å². The molecule has 0 bridgehead atoms. The molecule has 1 aliphatic heterocycles. The van der Waals surface area contributed by atoms with Crippen molar-refractivity contribution in [3.8, 4) is 5.75 Å². The van der Waals surface area contributed by atoms with E-state index in [0.717, 1.165) is 25.0 Å². The van der Waals surface area contributed by atoms with Gasteiger partial charge in [0.2, 0.25) is 0 Å². The van der Waals surface area contributed by atoms with Crippen molar-refractivity contribution in [1.29, 1.82) is 0 Å². The molecule has 5 rings (SSSR count). The SMILES string of the molecule is COc1ccc2c(c1)CCC(c1ccccc1)=C2c1ccc(CCCN2CCCC2)cc1. The number of fused-ring (bicyclic) bond motifs is 1. The summed E-state index contributed by atoms with van der Waals surface area (Å²) in [5, 5.41) is 0.